The largest absolute Gasteiger partial charge is 0.481 e. The van der Waals surface area contributed by atoms with Crippen LogP contribution in [0.2, 0.25) is 0 Å². The van der Waals surface area contributed by atoms with E-state index in [1.54, 1.807) is 11.3 Å². The number of hydrogen-bond donors (Lipinski definition) is 4. The Morgan fingerprint density at radius 1 is 1.29 bits per heavy atom. The van der Waals surface area contributed by atoms with E-state index < -0.39 is 24.0 Å². The summed E-state index contributed by atoms with van der Waals surface area (Å²) in [5.74, 6) is -2.17. The standard InChI is InChI=1S/C13H18N2O5S/c1-8-5-6-9(21-8)7-14-13(20)15-10(12(18)19)3-2-4-11(16)17/h5-6,10H,2-4,7H2,1H3,(H,16,17)(H,18,19)(H2,14,15,20)/t10-/m1/s1. The zero-order valence-electron chi connectivity index (χ0n) is 11.6. The van der Waals surface area contributed by atoms with Crippen LogP contribution in [-0.4, -0.2) is 34.2 Å². The summed E-state index contributed by atoms with van der Waals surface area (Å²) in [6.45, 7) is 2.28. The maximum Gasteiger partial charge on any atom is 0.326 e. The van der Waals surface area contributed by atoms with Crippen molar-refractivity contribution in [2.24, 2.45) is 0 Å². The molecule has 1 aromatic heterocycles. The molecule has 0 aromatic carbocycles. The third-order valence-corrected chi connectivity index (χ3v) is 3.71. The van der Waals surface area contributed by atoms with E-state index in [2.05, 4.69) is 10.6 Å². The van der Waals surface area contributed by atoms with Crippen LogP contribution in [0.4, 0.5) is 4.79 Å². The lowest BCUT2D eigenvalue weighted by Crippen LogP contribution is -2.45. The smallest absolute Gasteiger partial charge is 0.326 e. The summed E-state index contributed by atoms with van der Waals surface area (Å²) in [5.41, 5.74) is 0. The number of thiophene rings is 1. The Labute approximate surface area is 126 Å². The molecular formula is C13H18N2O5S. The topological polar surface area (TPSA) is 116 Å². The van der Waals surface area contributed by atoms with Gasteiger partial charge in [0, 0.05) is 16.2 Å². The van der Waals surface area contributed by atoms with Gasteiger partial charge in [0.1, 0.15) is 6.04 Å². The lowest BCUT2D eigenvalue weighted by atomic mass is 10.1. The van der Waals surface area contributed by atoms with Gasteiger partial charge in [-0.1, -0.05) is 0 Å². The summed E-state index contributed by atoms with van der Waals surface area (Å²) >= 11 is 1.55. The highest BCUT2D eigenvalue weighted by Crippen LogP contribution is 2.14. The fraction of sp³-hybridized carbons (Fsp3) is 0.462. The number of carboxylic acid groups (broad SMARTS) is 2. The van der Waals surface area contributed by atoms with Gasteiger partial charge in [0.2, 0.25) is 0 Å². The van der Waals surface area contributed by atoms with Gasteiger partial charge >= 0.3 is 18.0 Å². The Bertz CT molecular complexity index is 514. The number of carbonyl (C=O) groups excluding carboxylic acids is 1. The molecule has 0 saturated carbocycles. The van der Waals surface area contributed by atoms with Crippen molar-refractivity contribution in [3.8, 4) is 0 Å². The molecule has 0 aliphatic carbocycles. The first kappa shape index (κ1) is 17.0. The van der Waals surface area contributed by atoms with Gasteiger partial charge in [0.25, 0.3) is 0 Å². The maximum atomic E-state index is 11.6. The molecule has 116 valence electrons. The molecule has 0 spiro atoms. The van der Waals surface area contributed by atoms with Gasteiger partial charge in [-0.25, -0.2) is 9.59 Å². The number of amides is 2. The van der Waals surface area contributed by atoms with Gasteiger partial charge in [-0.15, -0.1) is 11.3 Å². The molecule has 0 radical (unpaired) electrons. The van der Waals surface area contributed by atoms with Crippen molar-refractivity contribution in [2.75, 3.05) is 0 Å². The van der Waals surface area contributed by atoms with Crippen LogP contribution in [-0.2, 0) is 16.1 Å². The first-order chi connectivity index (χ1) is 9.88. The molecule has 0 bridgehead atoms. The number of aliphatic carboxylic acids is 2. The quantitative estimate of drug-likeness (QED) is 0.581. The first-order valence-electron chi connectivity index (χ1n) is 6.42. The number of rotatable bonds is 8. The Hall–Kier alpha value is -2.09. The molecule has 4 N–H and O–H groups in total. The molecule has 0 aliphatic rings. The molecule has 8 heteroatoms. The van der Waals surface area contributed by atoms with E-state index in [4.69, 9.17) is 10.2 Å². The Morgan fingerprint density at radius 2 is 2.00 bits per heavy atom. The molecule has 7 nitrogen and oxygen atoms in total. The van der Waals surface area contributed by atoms with E-state index in [0.717, 1.165) is 9.75 Å². The van der Waals surface area contributed by atoms with E-state index in [9.17, 15) is 14.4 Å². The second-order valence-electron chi connectivity index (χ2n) is 4.52. The van der Waals surface area contributed by atoms with E-state index in [1.807, 2.05) is 19.1 Å². The fourth-order valence-electron chi connectivity index (χ4n) is 1.67. The molecule has 0 unspecified atom stereocenters. The Balaban J connectivity index is 2.37. The first-order valence-corrected chi connectivity index (χ1v) is 7.24. The van der Waals surface area contributed by atoms with E-state index in [1.165, 1.54) is 0 Å². The highest BCUT2D eigenvalue weighted by Gasteiger charge is 2.19. The van der Waals surface area contributed by atoms with E-state index >= 15 is 0 Å². The van der Waals surface area contributed by atoms with Gasteiger partial charge in [-0.2, -0.15) is 0 Å². The van der Waals surface area contributed by atoms with Crippen molar-refractivity contribution in [1.82, 2.24) is 10.6 Å². The van der Waals surface area contributed by atoms with E-state index in [-0.39, 0.29) is 19.3 Å². The minimum Gasteiger partial charge on any atom is -0.481 e. The number of carbonyl (C=O) groups is 3. The molecule has 1 atom stereocenters. The lowest BCUT2D eigenvalue weighted by Gasteiger charge is -2.14. The number of nitrogens with one attached hydrogen (secondary N) is 2. The summed E-state index contributed by atoms with van der Waals surface area (Å²) in [7, 11) is 0. The maximum absolute atomic E-state index is 11.6. The molecule has 0 saturated heterocycles. The summed E-state index contributed by atoms with van der Waals surface area (Å²) < 4.78 is 0. The summed E-state index contributed by atoms with van der Waals surface area (Å²) in [4.78, 5) is 35.1. The predicted octanol–water partition coefficient (Wildman–Crippen LogP) is 1.56. The molecule has 2 amide bonds. The lowest BCUT2D eigenvalue weighted by molar-refractivity contribution is -0.140. The average Bonchev–Trinajstić information content (AvgIpc) is 2.80. The van der Waals surface area contributed by atoms with E-state index in [0.29, 0.717) is 6.54 Å². The zero-order chi connectivity index (χ0) is 15.8. The molecular weight excluding hydrogens is 296 g/mol. The highest BCUT2D eigenvalue weighted by molar-refractivity contribution is 7.11. The zero-order valence-corrected chi connectivity index (χ0v) is 12.4. The minimum absolute atomic E-state index is 0.0766. The fourth-order valence-corrected chi connectivity index (χ4v) is 2.50. The van der Waals surface area contributed by atoms with Crippen molar-refractivity contribution in [1.29, 1.82) is 0 Å². The third kappa shape index (κ3) is 6.75. The van der Waals surface area contributed by atoms with Crippen LogP contribution in [0.3, 0.4) is 0 Å². The van der Waals surface area contributed by atoms with Gasteiger partial charge < -0.3 is 20.8 Å². The van der Waals surface area contributed by atoms with Crippen LogP contribution in [0.25, 0.3) is 0 Å². The Kier molecular flexibility index (Phi) is 6.67. The molecule has 21 heavy (non-hydrogen) atoms. The van der Waals surface area contributed by atoms with Crippen molar-refractivity contribution in [3.63, 3.8) is 0 Å². The van der Waals surface area contributed by atoms with Crippen LogP contribution in [0.5, 0.6) is 0 Å². The van der Waals surface area contributed by atoms with Crippen LogP contribution in [0, 0.1) is 6.92 Å². The second-order valence-corrected chi connectivity index (χ2v) is 5.89. The molecule has 1 aromatic rings. The van der Waals surface area contributed by atoms with Crippen molar-refractivity contribution in [2.45, 2.75) is 38.8 Å². The van der Waals surface area contributed by atoms with Crippen molar-refractivity contribution < 1.29 is 24.6 Å². The summed E-state index contributed by atoms with van der Waals surface area (Å²) in [5, 5.41) is 22.4. The highest BCUT2D eigenvalue weighted by atomic mass is 32.1. The van der Waals surface area contributed by atoms with Gasteiger partial charge in [-0.3, -0.25) is 4.79 Å². The van der Waals surface area contributed by atoms with Crippen LogP contribution >= 0.6 is 11.3 Å². The van der Waals surface area contributed by atoms with Gasteiger partial charge in [0.15, 0.2) is 0 Å². The Morgan fingerprint density at radius 3 is 2.52 bits per heavy atom. The number of carboxylic acids is 2. The predicted molar refractivity (Wildman–Crippen MR) is 77.3 cm³/mol. The minimum atomic E-state index is -1.18. The van der Waals surface area contributed by atoms with Gasteiger partial charge in [0.05, 0.1) is 6.54 Å². The number of urea groups is 1. The SMILES string of the molecule is Cc1ccc(CNC(=O)N[C@H](CCCC(=O)O)C(=O)O)s1. The van der Waals surface area contributed by atoms with Crippen LogP contribution in [0.15, 0.2) is 12.1 Å². The normalized spacial score (nSPS) is 11.7. The van der Waals surface area contributed by atoms with Crippen LogP contribution < -0.4 is 10.6 Å². The average molecular weight is 314 g/mol. The van der Waals surface area contributed by atoms with Crippen LogP contribution in [0.1, 0.15) is 29.0 Å². The molecule has 0 aliphatic heterocycles. The van der Waals surface area contributed by atoms with Gasteiger partial charge in [-0.05, 0) is 31.9 Å². The monoisotopic (exact) mass is 314 g/mol. The number of hydrogen-bond acceptors (Lipinski definition) is 4. The second kappa shape index (κ2) is 8.25. The third-order valence-electron chi connectivity index (χ3n) is 2.71. The summed E-state index contributed by atoms with van der Waals surface area (Å²) in [6, 6.07) is 2.16. The van der Waals surface area contributed by atoms with Crippen molar-refractivity contribution in [3.05, 3.63) is 21.9 Å². The molecule has 1 rings (SSSR count). The number of aryl methyl sites for hydroxylation is 1. The molecule has 1 heterocycles. The molecule has 0 fully saturated rings. The summed E-state index contributed by atoms with van der Waals surface area (Å²) in [6.07, 6.45) is 0.144. The van der Waals surface area contributed by atoms with Crippen molar-refractivity contribution >= 4 is 29.3 Å².